The number of methoxy groups -OCH3 is 1. The maximum Gasteiger partial charge on any atom is 0.256 e. The summed E-state index contributed by atoms with van der Waals surface area (Å²) in [5.74, 6) is 0.0171. The van der Waals surface area contributed by atoms with E-state index in [0.29, 0.717) is 0 Å². The van der Waals surface area contributed by atoms with E-state index in [-0.39, 0.29) is 22.7 Å². The highest BCUT2D eigenvalue weighted by molar-refractivity contribution is 7.91. The molecule has 1 saturated heterocycles. The second-order valence-electron chi connectivity index (χ2n) is 2.84. The normalized spacial score (nSPS) is 31.2. The molecule has 0 unspecified atom stereocenters. The molecule has 0 saturated carbocycles. The van der Waals surface area contributed by atoms with E-state index in [2.05, 4.69) is 5.32 Å². The topological polar surface area (TPSA) is 55.4 Å². The van der Waals surface area contributed by atoms with Crippen LogP contribution in [0.25, 0.3) is 0 Å². The molecular weight excluding hydrogens is 234 g/mol. The van der Waals surface area contributed by atoms with E-state index in [0.717, 1.165) is 0 Å². The van der Waals surface area contributed by atoms with Gasteiger partial charge in [0.15, 0.2) is 9.84 Å². The lowest BCUT2D eigenvalue weighted by Gasteiger charge is -2.14. The first kappa shape index (κ1) is 11.0. The van der Waals surface area contributed by atoms with Crippen LogP contribution in [0.1, 0.15) is 0 Å². The van der Waals surface area contributed by atoms with Crippen molar-refractivity contribution in [3.8, 4) is 0 Å². The highest BCUT2D eigenvalue weighted by Crippen LogP contribution is 2.17. The van der Waals surface area contributed by atoms with Crippen molar-refractivity contribution in [1.82, 2.24) is 5.32 Å². The number of sulfone groups is 1. The van der Waals surface area contributed by atoms with E-state index in [1.54, 1.807) is 0 Å². The minimum atomic E-state index is -3.01. The second kappa shape index (κ2) is 3.98. The molecule has 76 valence electrons. The monoisotopic (exact) mass is 243 g/mol. The first-order valence-corrected chi connectivity index (χ1v) is 6.30. The lowest BCUT2D eigenvalue weighted by molar-refractivity contribution is 0.385. The van der Waals surface area contributed by atoms with Crippen LogP contribution in [0.2, 0.25) is 0 Å². The van der Waals surface area contributed by atoms with Crippen LogP contribution in [0.15, 0.2) is 0 Å². The molecular formula is C6H10ClNO3S2. The Labute approximate surface area is 87.5 Å². The summed E-state index contributed by atoms with van der Waals surface area (Å²) in [6, 6.07) is -0.334. The summed E-state index contributed by atoms with van der Waals surface area (Å²) >= 11 is 10.5. The quantitative estimate of drug-likeness (QED) is 0.516. The average molecular weight is 244 g/mol. The second-order valence-corrected chi connectivity index (χ2v) is 5.92. The third-order valence-corrected chi connectivity index (χ3v) is 4.43. The fourth-order valence-corrected chi connectivity index (χ4v) is 3.85. The molecule has 1 fully saturated rings. The number of alkyl halides is 1. The van der Waals surface area contributed by atoms with Crippen LogP contribution in [0, 0.1) is 0 Å². The molecule has 0 spiro atoms. The predicted octanol–water partition coefficient (Wildman–Crippen LogP) is -0.0883. The van der Waals surface area contributed by atoms with Crippen molar-refractivity contribution in [3.63, 3.8) is 0 Å². The molecule has 13 heavy (non-hydrogen) atoms. The van der Waals surface area contributed by atoms with Crippen molar-refractivity contribution in [2.75, 3.05) is 18.6 Å². The molecule has 1 rings (SSSR count). The molecule has 1 aliphatic heterocycles. The minimum Gasteiger partial charge on any atom is -0.474 e. The van der Waals surface area contributed by atoms with Gasteiger partial charge in [0.2, 0.25) is 0 Å². The Morgan fingerprint density at radius 1 is 1.62 bits per heavy atom. The van der Waals surface area contributed by atoms with Gasteiger partial charge >= 0.3 is 0 Å². The van der Waals surface area contributed by atoms with Crippen molar-refractivity contribution >= 4 is 38.8 Å². The molecule has 0 radical (unpaired) electrons. The van der Waals surface area contributed by atoms with Gasteiger partial charge in [0.05, 0.1) is 30.0 Å². The SMILES string of the molecule is COC(=S)N[C@H]1CS(=O)(=O)C[C@H]1Cl. The molecule has 1 N–H and O–H groups in total. The first-order valence-electron chi connectivity index (χ1n) is 3.63. The van der Waals surface area contributed by atoms with E-state index >= 15 is 0 Å². The fourth-order valence-electron chi connectivity index (χ4n) is 1.15. The van der Waals surface area contributed by atoms with Crippen LogP contribution in [-0.4, -0.2) is 43.6 Å². The van der Waals surface area contributed by atoms with Crippen LogP contribution < -0.4 is 5.32 Å². The van der Waals surface area contributed by atoms with Crippen molar-refractivity contribution in [2.45, 2.75) is 11.4 Å². The third kappa shape index (κ3) is 2.96. The number of rotatable bonds is 1. The summed E-state index contributed by atoms with van der Waals surface area (Å²) in [5.41, 5.74) is 0. The average Bonchev–Trinajstić information content (AvgIpc) is 2.24. The molecule has 1 heterocycles. The summed E-state index contributed by atoms with van der Waals surface area (Å²) in [7, 11) is -1.59. The van der Waals surface area contributed by atoms with Gasteiger partial charge < -0.3 is 10.1 Å². The molecule has 0 aromatic rings. The van der Waals surface area contributed by atoms with Gasteiger partial charge in [-0.15, -0.1) is 11.6 Å². The summed E-state index contributed by atoms with van der Waals surface area (Å²) in [6.07, 6.45) is 0. The van der Waals surface area contributed by atoms with Crippen molar-refractivity contribution < 1.29 is 13.2 Å². The lowest BCUT2D eigenvalue weighted by Crippen LogP contribution is -2.40. The van der Waals surface area contributed by atoms with Gasteiger partial charge in [-0.3, -0.25) is 0 Å². The number of ether oxygens (including phenoxy) is 1. The van der Waals surface area contributed by atoms with Crippen LogP contribution >= 0.6 is 23.8 Å². The van der Waals surface area contributed by atoms with Crippen molar-refractivity contribution in [3.05, 3.63) is 0 Å². The molecule has 4 nitrogen and oxygen atoms in total. The lowest BCUT2D eigenvalue weighted by atomic mass is 10.3. The molecule has 2 atom stereocenters. The maximum absolute atomic E-state index is 11.1. The highest BCUT2D eigenvalue weighted by Gasteiger charge is 2.36. The Kier molecular flexibility index (Phi) is 3.37. The Bertz CT molecular complexity index is 303. The number of thiocarbonyl (C=S) groups is 1. The molecule has 0 amide bonds. The smallest absolute Gasteiger partial charge is 0.256 e. The highest BCUT2D eigenvalue weighted by atomic mass is 35.5. The van der Waals surface area contributed by atoms with Gasteiger partial charge in [0.1, 0.15) is 0 Å². The Hall–Kier alpha value is -0.0700. The van der Waals surface area contributed by atoms with Gasteiger partial charge in [-0.05, 0) is 12.2 Å². The number of halogens is 1. The van der Waals surface area contributed by atoms with Crippen LogP contribution in [0.5, 0.6) is 0 Å². The number of hydrogen-bond donors (Lipinski definition) is 1. The Morgan fingerprint density at radius 2 is 2.23 bits per heavy atom. The molecule has 0 aliphatic carbocycles. The number of nitrogens with one attached hydrogen (secondary N) is 1. The Balaban J connectivity index is 2.59. The van der Waals surface area contributed by atoms with Gasteiger partial charge in [0, 0.05) is 0 Å². The largest absolute Gasteiger partial charge is 0.474 e. The van der Waals surface area contributed by atoms with E-state index < -0.39 is 15.2 Å². The zero-order valence-electron chi connectivity index (χ0n) is 6.99. The zero-order valence-corrected chi connectivity index (χ0v) is 9.38. The predicted molar refractivity (Wildman–Crippen MR) is 54.8 cm³/mol. The van der Waals surface area contributed by atoms with Crippen molar-refractivity contribution in [2.24, 2.45) is 0 Å². The number of hydrogen-bond acceptors (Lipinski definition) is 4. The summed E-state index contributed by atoms with van der Waals surface area (Å²) in [6.45, 7) is 0. The first-order chi connectivity index (χ1) is 5.94. The molecule has 7 heteroatoms. The van der Waals surface area contributed by atoms with E-state index in [1.165, 1.54) is 7.11 Å². The van der Waals surface area contributed by atoms with E-state index in [4.69, 9.17) is 28.6 Å². The van der Waals surface area contributed by atoms with Crippen molar-refractivity contribution in [1.29, 1.82) is 0 Å². The Morgan fingerprint density at radius 3 is 2.62 bits per heavy atom. The van der Waals surface area contributed by atoms with Gasteiger partial charge in [0.25, 0.3) is 5.17 Å². The van der Waals surface area contributed by atoms with Crippen LogP contribution in [0.3, 0.4) is 0 Å². The summed E-state index contributed by atoms with van der Waals surface area (Å²) in [4.78, 5) is 0. The minimum absolute atomic E-state index is 0.00144. The summed E-state index contributed by atoms with van der Waals surface area (Å²) in [5, 5.41) is 2.47. The third-order valence-electron chi connectivity index (χ3n) is 1.77. The molecule has 1 aliphatic rings. The molecule has 0 aromatic carbocycles. The molecule has 0 bridgehead atoms. The fraction of sp³-hybridized carbons (Fsp3) is 0.833. The summed E-state index contributed by atoms with van der Waals surface area (Å²) < 4.78 is 26.9. The van der Waals surface area contributed by atoms with Gasteiger partial charge in [-0.2, -0.15) is 0 Å². The van der Waals surface area contributed by atoms with E-state index in [1.807, 2.05) is 0 Å². The van der Waals surface area contributed by atoms with Crippen LogP contribution in [-0.2, 0) is 14.6 Å². The van der Waals surface area contributed by atoms with Gasteiger partial charge in [-0.1, -0.05) is 0 Å². The standard InChI is InChI=1S/C6H10ClNO3S2/c1-11-6(12)8-5-3-13(9,10)2-4(5)7/h4-5H,2-3H2,1H3,(H,8,12)/t4-,5+/m1/s1. The zero-order chi connectivity index (χ0) is 10.1. The van der Waals surface area contributed by atoms with E-state index in [9.17, 15) is 8.42 Å². The molecule has 0 aromatic heterocycles. The van der Waals surface area contributed by atoms with Crippen LogP contribution in [0.4, 0.5) is 0 Å². The van der Waals surface area contributed by atoms with Gasteiger partial charge in [-0.25, -0.2) is 8.42 Å². The maximum atomic E-state index is 11.1.